The van der Waals surface area contributed by atoms with Gasteiger partial charge in [0.2, 0.25) is 0 Å². The Kier molecular flexibility index (Phi) is 7.23. The van der Waals surface area contributed by atoms with Crippen molar-refractivity contribution in [3.05, 3.63) is 63.5 Å². The maximum absolute atomic E-state index is 13.1. The molecule has 0 aliphatic rings. The SMILES string of the molecule is COc1ccccc1S(=O)/C(COC(C)=O)=C(\Cl)c1ccc(Br)cc1. The van der Waals surface area contributed by atoms with Crippen molar-refractivity contribution in [3.8, 4) is 5.75 Å². The average molecular weight is 444 g/mol. The summed E-state index contributed by atoms with van der Waals surface area (Å²) >= 11 is 9.85. The zero-order chi connectivity index (χ0) is 18.4. The van der Waals surface area contributed by atoms with E-state index in [4.69, 9.17) is 21.1 Å². The minimum atomic E-state index is -1.65. The molecule has 25 heavy (non-hydrogen) atoms. The summed E-state index contributed by atoms with van der Waals surface area (Å²) in [7, 11) is -0.149. The molecule has 132 valence electrons. The molecular weight excluding hydrogens is 428 g/mol. The van der Waals surface area contributed by atoms with Gasteiger partial charge in [0, 0.05) is 11.4 Å². The standard InChI is InChI=1S/C18H16BrClO4S/c1-12(21)24-11-17(18(20)13-7-9-14(19)10-8-13)25(22)16-6-4-3-5-15(16)23-2/h3-10H,11H2,1-2H3/b18-17-. The van der Waals surface area contributed by atoms with Crippen molar-refractivity contribution < 1.29 is 18.5 Å². The van der Waals surface area contributed by atoms with Gasteiger partial charge < -0.3 is 9.47 Å². The van der Waals surface area contributed by atoms with E-state index in [2.05, 4.69) is 15.9 Å². The first-order valence-corrected chi connectivity index (χ1v) is 9.59. The quantitative estimate of drug-likeness (QED) is 0.605. The Bertz CT molecular complexity index is 818. The van der Waals surface area contributed by atoms with Crippen LogP contribution in [0.25, 0.3) is 5.03 Å². The topological polar surface area (TPSA) is 52.6 Å². The molecule has 0 fully saturated rings. The van der Waals surface area contributed by atoms with Gasteiger partial charge in [0.15, 0.2) is 0 Å². The molecule has 0 aromatic heterocycles. The molecular formula is C18H16BrClO4S. The van der Waals surface area contributed by atoms with Crippen LogP contribution in [0.4, 0.5) is 0 Å². The summed E-state index contributed by atoms with van der Waals surface area (Å²) in [6, 6.07) is 14.2. The number of hydrogen-bond acceptors (Lipinski definition) is 4. The van der Waals surface area contributed by atoms with Crippen LogP contribution in [0.2, 0.25) is 0 Å². The van der Waals surface area contributed by atoms with Crippen LogP contribution >= 0.6 is 27.5 Å². The molecule has 0 radical (unpaired) electrons. The van der Waals surface area contributed by atoms with Crippen molar-refractivity contribution in [1.29, 1.82) is 0 Å². The average Bonchev–Trinajstić information content (AvgIpc) is 2.61. The van der Waals surface area contributed by atoms with E-state index in [1.807, 2.05) is 12.1 Å². The Hall–Kier alpha value is -1.63. The highest BCUT2D eigenvalue weighted by atomic mass is 79.9. The van der Waals surface area contributed by atoms with Crippen molar-refractivity contribution in [1.82, 2.24) is 0 Å². The van der Waals surface area contributed by atoms with E-state index >= 15 is 0 Å². The summed E-state index contributed by atoms with van der Waals surface area (Å²) in [4.78, 5) is 12.0. The van der Waals surface area contributed by atoms with Gasteiger partial charge >= 0.3 is 5.97 Å². The second kappa shape index (κ2) is 9.17. The first-order valence-electron chi connectivity index (χ1n) is 7.26. The van der Waals surface area contributed by atoms with E-state index in [0.29, 0.717) is 21.1 Å². The number of benzene rings is 2. The normalized spacial score (nSPS) is 13.0. The van der Waals surface area contributed by atoms with Gasteiger partial charge in [0.1, 0.15) is 12.4 Å². The van der Waals surface area contributed by atoms with Gasteiger partial charge in [-0.3, -0.25) is 4.79 Å². The van der Waals surface area contributed by atoms with E-state index in [0.717, 1.165) is 4.47 Å². The number of esters is 1. The van der Waals surface area contributed by atoms with Gasteiger partial charge in [0.05, 0.1) is 32.7 Å². The maximum Gasteiger partial charge on any atom is 0.302 e. The van der Waals surface area contributed by atoms with Crippen LogP contribution in [-0.2, 0) is 20.3 Å². The minimum absolute atomic E-state index is 0.172. The lowest BCUT2D eigenvalue weighted by Gasteiger charge is -2.13. The predicted octanol–water partition coefficient (Wildman–Crippen LogP) is 4.74. The molecule has 2 aromatic carbocycles. The molecule has 4 nitrogen and oxygen atoms in total. The summed E-state index contributed by atoms with van der Waals surface area (Å²) in [5, 5.41) is 0.276. The van der Waals surface area contributed by atoms with Crippen LogP contribution in [-0.4, -0.2) is 23.9 Å². The number of methoxy groups -OCH3 is 1. The Morgan fingerprint density at radius 3 is 2.40 bits per heavy atom. The molecule has 0 bridgehead atoms. The van der Waals surface area contributed by atoms with Crippen LogP contribution in [0.1, 0.15) is 12.5 Å². The van der Waals surface area contributed by atoms with Gasteiger partial charge in [-0.2, -0.15) is 0 Å². The van der Waals surface area contributed by atoms with Gasteiger partial charge in [-0.1, -0.05) is 51.8 Å². The lowest BCUT2D eigenvalue weighted by atomic mass is 10.2. The highest BCUT2D eigenvalue weighted by molar-refractivity contribution is 9.10. The fourth-order valence-corrected chi connectivity index (χ4v) is 3.93. The molecule has 0 saturated heterocycles. The van der Waals surface area contributed by atoms with E-state index in [1.165, 1.54) is 14.0 Å². The van der Waals surface area contributed by atoms with Crippen LogP contribution in [0.3, 0.4) is 0 Å². The molecule has 2 rings (SSSR count). The smallest absolute Gasteiger partial charge is 0.302 e. The number of halogens is 2. The van der Waals surface area contributed by atoms with Gasteiger partial charge in [-0.05, 0) is 29.8 Å². The largest absolute Gasteiger partial charge is 0.495 e. The highest BCUT2D eigenvalue weighted by Gasteiger charge is 2.20. The Morgan fingerprint density at radius 2 is 1.80 bits per heavy atom. The zero-order valence-corrected chi connectivity index (χ0v) is 16.8. The Labute approximate surface area is 162 Å². The third-order valence-corrected chi connectivity index (χ3v) is 5.83. The van der Waals surface area contributed by atoms with E-state index in [1.54, 1.807) is 36.4 Å². The molecule has 1 atom stereocenters. The van der Waals surface area contributed by atoms with E-state index in [-0.39, 0.29) is 11.6 Å². The Balaban J connectivity index is 2.51. The third kappa shape index (κ3) is 5.17. The van der Waals surface area contributed by atoms with Crippen molar-refractivity contribution in [3.63, 3.8) is 0 Å². The lowest BCUT2D eigenvalue weighted by Crippen LogP contribution is -2.10. The molecule has 0 aliphatic carbocycles. The van der Waals surface area contributed by atoms with Crippen molar-refractivity contribution in [2.24, 2.45) is 0 Å². The summed E-state index contributed by atoms with van der Waals surface area (Å²) in [6.07, 6.45) is 0. The second-order valence-electron chi connectivity index (χ2n) is 4.94. The Morgan fingerprint density at radius 1 is 1.16 bits per heavy atom. The van der Waals surface area contributed by atoms with E-state index < -0.39 is 16.8 Å². The first kappa shape index (κ1) is 19.7. The summed E-state index contributed by atoms with van der Waals surface area (Å²) in [6.45, 7) is 1.12. The molecule has 0 saturated carbocycles. The maximum atomic E-state index is 13.1. The third-order valence-electron chi connectivity index (χ3n) is 3.24. The summed E-state index contributed by atoms with van der Waals surface area (Å²) in [5.41, 5.74) is 0.676. The second-order valence-corrected chi connectivity index (χ2v) is 7.71. The summed E-state index contributed by atoms with van der Waals surface area (Å²) < 4.78 is 24.3. The molecule has 0 N–H and O–H groups in total. The molecule has 0 spiro atoms. The van der Waals surface area contributed by atoms with Crippen molar-refractivity contribution in [2.75, 3.05) is 13.7 Å². The minimum Gasteiger partial charge on any atom is -0.495 e. The predicted molar refractivity (Wildman–Crippen MR) is 103 cm³/mol. The fourth-order valence-electron chi connectivity index (χ4n) is 2.03. The van der Waals surface area contributed by atoms with Gasteiger partial charge in [0.25, 0.3) is 0 Å². The fraction of sp³-hybridized carbons (Fsp3) is 0.167. The first-order chi connectivity index (χ1) is 11.9. The number of hydrogen-bond donors (Lipinski definition) is 0. The zero-order valence-electron chi connectivity index (χ0n) is 13.6. The van der Waals surface area contributed by atoms with Crippen molar-refractivity contribution in [2.45, 2.75) is 11.8 Å². The van der Waals surface area contributed by atoms with Crippen LogP contribution < -0.4 is 4.74 Å². The van der Waals surface area contributed by atoms with E-state index in [9.17, 15) is 9.00 Å². The molecule has 2 aromatic rings. The number of para-hydroxylation sites is 1. The van der Waals surface area contributed by atoms with Crippen molar-refractivity contribution >= 4 is 49.3 Å². The van der Waals surface area contributed by atoms with Crippen LogP contribution in [0.15, 0.2) is 62.8 Å². The van der Waals surface area contributed by atoms with Gasteiger partial charge in [-0.15, -0.1) is 0 Å². The van der Waals surface area contributed by atoms with Crippen LogP contribution in [0, 0.1) is 0 Å². The number of rotatable bonds is 6. The molecule has 1 unspecified atom stereocenters. The summed E-state index contributed by atoms with van der Waals surface area (Å²) in [5.74, 6) is -0.00349. The molecule has 7 heteroatoms. The monoisotopic (exact) mass is 442 g/mol. The molecule has 0 heterocycles. The van der Waals surface area contributed by atoms with Gasteiger partial charge in [-0.25, -0.2) is 4.21 Å². The number of ether oxygens (including phenoxy) is 2. The lowest BCUT2D eigenvalue weighted by molar-refractivity contribution is -0.139. The van der Waals surface area contributed by atoms with Crippen LogP contribution in [0.5, 0.6) is 5.75 Å². The molecule has 0 aliphatic heterocycles. The number of carbonyl (C=O) groups is 1. The highest BCUT2D eigenvalue weighted by Crippen LogP contribution is 2.32. The molecule has 0 amide bonds. The number of carbonyl (C=O) groups excluding carboxylic acids is 1.